The monoisotopic (exact) mass is 365 g/mol. The number of nitrogens with zero attached hydrogens (tertiary/aromatic N) is 3. The molecular formula is C11H13ClIN3O. The number of ether oxygens (including phenoxy) is 1. The highest BCUT2D eigenvalue weighted by Gasteiger charge is 2.34. The van der Waals surface area contributed by atoms with Crippen LogP contribution in [-0.2, 0) is 9.16 Å². The maximum Gasteiger partial charge on any atom is 0.142 e. The summed E-state index contributed by atoms with van der Waals surface area (Å²) in [5.41, 5.74) is 0. The summed E-state index contributed by atoms with van der Waals surface area (Å²) >= 11 is 8.28. The minimum Gasteiger partial charge on any atom is -0.371 e. The van der Waals surface area contributed by atoms with E-state index >= 15 is 0 Å². The molecule has 92 valence electrons. The zero-order valence-electron chi connectivity index (χ0n) is 9.27. The first-order valence-electron chi connectivity index (χ1n) is 5.74. The highest BCUT2D eigenvalue weighted by Crippen LogP contribution is 2.29. The van der Waals surface area contributed by atoms with Crippen molar-refractivity contribution in [2.45, 2.75) is 29.5 Å². The van der Waals surface area contributed by atoms with Crippen LogP contribution in [0.5, 0.6) is 0 Å². The first-order chi connectivity index (χ1) is 8.24. The number of morpholine rings is 1. The van der Waals surface area contributed by atoms with Crippen LogP contribution in [0.3, 0.4) is 0 Å². The number of fused-ring (bicyclic) bond motifs is 2. The Morgan fingerprint density at radius 1 is 1.35 bits per heavy atom. The predicted molar refractivity (Wildman–Crippen MR) is 74.9 cm³/mol. The summed E-state index contributed by atoms with van der Waals surface area (Å²) in [5, 5.41) is 0.528. The van der Waals surface area contributed by atoms with Crippen molar-refractivity contribution < 1.29 is 4.74 Å². The molecule has 2 saturated heterocycles. The Bertz CT molecular complexity index is 419. The van der Waals surface area contributed by atoms with E-state index in [9.17, 15) is 0 Å². The van der Waals surface area contributed by atoms with Crippen molar-refractivity contribution >= 4 is 40.0 Å². The normalized spacial score (nSPS) is 27.5. The Kier molecular flexibility index (Phi) is 3.40. The van der Waals surface area contributed by atoms with E-state index in [1.807, 2.05) is 6.07 Å². The molecular weight excluding hydrogens is 352 g/mol. The van der Waals surface area contributed by atoms with Gasteiger partial charge in [-0.1, -0.05) is 34.2 Å². The van der Waals surface area contributed by atoms with Gasteiger partial charge in [0.25, 0.3) is 0 Å². The van der Waals surface area contributed by atoms with Gasteiger partial charge < -0.3 is 9.64 Å². The molecule has 2 fully saturated rings. The third-order valence-electron chi connectivity index (χ3n) is 3.21. The van der Waals surface area contributed by atoms with Crippen molar-refractivity contribution in [3.63, 3.8) is 0 Å². The molecule has 3 heterocycles. The average molecular weight is 366 g/mol. The van der Waals surface area contributed by atoms with Gasteiger partial charge in [-0.15, -0.1) is 0 Å². The molecule has 0 N–H and O–H groups in total. The Morgan fingerprint density at radius 3 is 2.71 bits per heavy atom. The van der Waals surface area contributed by atoms with E-state index in [1.165, 1.54) is 12.8 Å². The van der Waals surface area contributed by atoms with E-state index in [4.69, 9.17) is 16.3 Å². The first-order valence-corrected chi connectivity index (χ1v) is 7.65. The fraction of sp³-hybridized carbons (Fsp3) is 0.636. The minimum atomic E-state index is 0.366. The van der Waals surface area contributed by atoms with Crippen LogP contribution in [0.25, 0.3) is 0 Å². The lowest BCUT2D eigenvalue weighted by Gasteiger charge is -2.33. The van der Waals surface area contributed by atoms with E-state index in [2.05, 4.69) is 37.5 Å². The van der Waals surface area contributed by atoms with Crippen LogP contribution in [0.2, 0.25) is 5.15 Å². The molecule has 0 aliphatic carbocycles. The summed E-state index contributed by atoms with van der Waals surface area (Å²) in [7, 11) is 0. The molecule has 0 spiro atoms. The van der Waals surface area contributed by atoms with E-state index in [1.54, 1.807) is 0 Å². The quantitative estimate of drug-likeness (QED) is 0.458. The van der Waals surface area contributed by atoms with Crippen LogP contribution in [0.4, 0.5) is 5.82 Å². The van der Waals surface area contributed by atoms with Gasteiger partial charge in [0.2, 0.25) is 0 Å². The van der Waals surface area contributed by atoms with E-state index < -0.39 is 0 Å². The second-order valence-electron chi connectivity index (χ2n) is 4.46. The second-order valence-corrected chi connectivity index (χ2v) is 5.61. The zero-order valence-corrected chi connectivity index (χ0v) is 12.2. The van der Waals surface area contributed by atoms with Crippen molar-refractivity contribution in [3.8, 4) is 0 Å². The molecule has 1 aromatic rings. The fourth-order valence-electron chi connectivity index (χ4n) is 2.48. The number of hydrogen-bond donors (Lipinski definition) is 0. The predicted octanol–water partition coefficient (Wildman–Crippen LogP) is 2.43. The van der Waals surface area contributed by atoms with Crippen LogP contribution in [0, 0.1) is 0 Å². The van der Waals surface area contributed by atoms with Crippen molar-refractivity contribution in [1.29, 1.82) is 0 Å². The lowest BCUT2D eigenvalue weighted by molar-refractivity contribution is 0.0302. The highest BCUT2D eigenvalue weighted by atomic mass is 127. The lowest BCUT2D eigenvalue weighted by atomic mass is 10.2. The van der Waals surface area contributed by atoms with Gasteiger partial charge in [-0.2, -0.15) is 0 Å². The number of aromatic nitrogens is 2. The molecule has 0 amide bonds. The second kappa shape index (κ2) is 4.85. The smallest absolute Gasteiger partial charge is 0.142 e. The highest BCUT2D eigenvalue weighted by molar-refractivity contribution is 14.1. The largest absolute Gasteiger partial charge is 0.371 e. The molecule has 0 radical (unpaired) electrons. The Labute approximate surface area is 119 Å². The van der Waals surface area contributed by atoms with Gasteiger partial charge in [-0.3, -0.25) is 0 Å². The van der Waals surface area contributed by atoms with Crippen LogP contribution in [-0.4, -0.2) is 35.3 Å². The molecule has 4 nitrogen and oxygen atoms in total. The number of halogens is 2. The van der Waals surface area contributed by atoms with Crippen LogP contribution < -0.4 is 4.90 Å². The van der Waals surface area contributed by atoms with Crippen molar-refractivity contribution in [2.24, 2.45) is 0 Å². The number of alkyl halides is 1. The first kappa shape index (κ1) is 11.9. The number of anilines is 1. The summed E-state index contributed by atoms with van der Waals surface area (Å²) in [4.78, 5) is 11.0. The van der Waals surface area contributed by atoms with E-state index in [-0.39, 0.29) is 0 Å². The maximum absolute atomic E-state index is 6.02. The fourth-order valence-corrected chi connectivity index (χ4v) is 3.01. The third kappa shape index (κ3) is 2.51. The molecule has 2 bridgehead atoms. The number of hydrogen-bond acceptors (Lipinski definition) is 4. The van der Waals surface area contributed by atoms with E-state index in [0.717, 1.165) is 29.2 Å². The molecule has 17 heavy (non-hydrogen) atoms. The molecule has 2 aliphatic heterocycles. The summed E-state index contributed by atoms with van der Waals surface area (Å²) in [6.45, 7) is 1.84. The Balaban J connectivity index is 1.86. The Morgan fingerprint density at radius 2 is 2.06 bits per heavy atom. The summed E-state index contributed by atoms with van der Waals surface area (Å²) in [6, 6.07) is 1.85. The molecule has 6 heteroatoms. The van der Waals surface area contributed by atoms with Gasteiger partial charge in [0.1, 0.15) is 16.8 Å². The number of rotatable bonds is 2. The van der Waals surface area contributed by atoms with Gasteiger partial charge in [0.05, 0.1) is 16.6 Å². The van der Waals surface area contributed by atoms with Crippen molar-refractivity contribution in [2.75, 3.05) is 18.0 Å². The van der Waals surface area contributed by atoms with E-state index in [0.29, 0.717) is 17.4 Å². The molecule has 3 rings (SSSR count). The lowest BCUT2D eigenvalue weighted by Crippen LogP contribution is -2.43. The summed E-state index contributed by atoms with van der Waals surface area (Å²) < 4.78 is 6.60. The minimum absolute atomic E-state index is 0.366. The van der Waals surface area contributed by atoms with Gasteiger partial charge in [0, 0.05) is 19.2 Å². The van der Waals surface area contributed by atoms with Gasteiger partial charge >= 0.3 is 0 Å². The molecule has 0 saturated carbocycles. The SMILES string of the molecule is Clc1cc(N2CC3CCC(C2)O3)nc(CI)n1. The standard InChI is InChI=1S/C11H13ClIN3O/c12-9-3-11(15-10(4-13)14-9)16-5-7-1-2-8(6-16)17-7/h3,7-8H,1-2,4-6H2. The van der Waals surface area contributed by atoms with Crippen molar-refractivity contribution in [3.05, 3.63) is 17.0 Å². The summed E-state index contributed by atoms with van der Waals surface area (Å²) in [5.74, 6) is 1.74. The van der Waals surface area contributed by atoms with Gasteiger partial charge in [-0.05, 0) is 12.8 Å². The van der Waals surface area contributed by atoms with Gasteiger partial charge in [0.15, 0.2) is 0 Å². The zero-order chi connectivity index (χ0) is 11.8. The topological polar surface area (TPSA) is 38.2 Å². The van der Waals surface area contributed by atoms with Crippen LogP contribution >= 0.6 is 34.2 Å². The van der Waals surface area contributed by atoms with Crippen LogP contribution in [0.15, 0.2) is 6.07 Å². The van der Waals surface area contributed by atoms with Crippen molar-refractivity contribution in [1.82, 2.24) is 9.97 Å². The average Bonchev–Trinajstić information content (AvgIpc) is 2.67. The molecule has 2 aliphatic rings. The molecule has 2 unspecified atom stereocenters. The molecule has 2 atom stereocenters. The maximum atomic E-state index is 6.02. The summed E-state index contributed by atoms with van der Waals surface area (Å²) in [6.07, 6.45) is 3.06. The Hall–Kier alpha value is -0.140. The van der Waals surface area contributed by atoms with Crippen LogP contribution in [0.1, 0.15) is 18.7 Å². The molecule has 1 aromatic heterocycles. The molecule has 0 aromatic carbocycles. The third-order valence-corrected chi connectivity index (χ3v) is 4.09. The van der Waals surface area contributed by atoms with Gasteiger partial charge in [-0.25, -0.2) is 9.97 Å².